The van der Waals surface area contributed by atoms with Crippen molar-refractivity contribution in [2.45, 2.75) is 59.4 Å². The first-order valence-electron chi connectivity index (χ1n) is 7.35. The van der Waals surface area contributed by atoms with Crippen LogP contribution in [0.4, 0.5) is 0 Å². The minimum atomic E-state index is 0.458. The first-order valence-corrected chi connectivity index (χ1v) is 7.35. The van der Waals surface area contributed by atoms with Gasteiger partial charge in [0.15, 0.2) is 0 Å². The van der Waals surface area contributed by atoms with Crippen LogP contribution in [0.1, 0.15) is 53.4 Å². The monoisotopic (exact) mass is 233 g/mol. The Morgan fingerprint density at radius 2 is 1.88 bits per heavy atom. The van der Waals surface area contributed by atoms with Crippen LogP contribution in [0.2, 0.25) is 0 Å². The average Bonchev–Trinajstić information content (AvgIpc) is 2.43. The van der Waals surface area contributed by atoms with Crippen molar-refractivity contribution in [3.8, 4) is 0 Å². The van der Waals surface area contributed by atoms with Gasteiger partial charge in [-0.2, -0.15) is 0 Å². The molecule has 17 heavy (non-hydrogen) atoms. The second-order valence-electron chi connectivity index (χ2n) is 8.01. The molecule has 4 saturated carbocycles. The van der Waals surface area contributed by atoms with Gasteiger partial charge >= 0.3 is 0 Å². The molecule has 0 spiro atoms. The van der Waals surface area contributed by atoms with Crippen LogP contribution in [0.3, 0.4) is 0 Å². The zero-order chi connectivity index (χ0) is 12.4. The second-order valence-corrected chi connectivity index (χ2v) is 8.01. The predicted molar refractivity (Wildman–Crippen MR) is 73.3 cm³/mol. The van der Waals surface area contributed by atoms with Crippen molar-refractivity contribution in [2.75, 3.05) is 0 Å². The topological polar surface area (TPSA) is 12.4 Å². The average molecular weight is 233 g/mol. The highest BCUT2D eigenvalue weighted by atomic mass is 14.8. The molecule has 6 atom stereocenters. The first-order chi connectivity index (χ1) is 7.89. The van der Waals surface area contributed by atoms with E-state index in [1.54, 1.807) is 0 Å². The van der Waals surface area contributed by atoms with Gasteiger partial charge in [0.1, 0.15) is 0 Å². The highest BCUT2D eigenvalue weighted by Gasteiger charge is 2.64. The van der Waals surface area contributed by atoms with E-state index in [2.05, 4.69) is 39.4 Å². The van der Waals surface area contributed by atoms with Gasteiger partial charge in [-0.25, -0.2) is 0 Å². The van der Waals surface area contributed by atoms with E-state index >= 15 is 0 Å². The molecule has 4 fully saturated rings. The Bertz CT molecular complexity index is 347. The third-order valence-electron chi connectivity index (χ3n) is 6.53. The lowest BCUT2D eigenvalue weighted by Gasteiger charge is -2.57. The zero-order valence-electron chi connectivity index (χ0n) is 11.9. The third-order valence-corrected chi connectivity index (χ3v) is 6.53. The van der Waals surface area contributed by atoms with E-state index in [9.17, 15) is 0 Å². The molecular weight excluding hydrogens is 206 g/mol. The normalized spacial score (nSPS) is 56.5. The molecule has 1 nitrogen and oxygen atoms in total. The summed E-state index contributed by atoms with van der Waals surface area (Å²) in [4.78, 5) is 4.45. The fourth-order valence-corrected chi connectivity index (χ4v) is 5.95. The lowest BCUT2D eigenvalue weighted by Crippen LogP contribution is -2.52. The van der Waals surface area contributed by atoms with Crippen LogP contribution >= 0.6 is 0 Å². The number of nitrogens with zero attached hydrogens (tertiary/aromatic N) is 1. The van der Waals surface area contributed by atoms with Gasteiger partial charge in [0, 0.05) is 0 Å². The summed E-state index contributed by atoms with van der Waals surface area (Å²) in [5.74, 6) is 3.75. The Labute approximate surface area is 106 Å². The van der Waals surface area contributed by atoms with Crippen molar-refractivity contribution in [1.29, 1.82) is 0 Å². The van der Waals surface area contributed by atoms with Crippen molar-refractivity contribution in [3.05, 3.63) is 0 Å². The van der Waals surface area contributed by atoms with Gasteiger partial charge in [-0.05, 0) is 66.9 Å². The molecule has 4 aliphatic rings. The SMILES string of the molecule is C=NC1CC2C3CC1(C)CC2(C)CC3C(C)C. The van der Waals surface area contributed by atoms with Crippen LogP contribution in [0.25, 0.3) is 0 Å². The summed E-state index contributed by atoms with van der Waals surface area (Å²) in [6, 6.07) is 0.544. The number of fused-ring (bicyclic) bond motifs is 1. The largest absolute Gasteiger partial charge is 0.297 e. The highest BCUT2D eigenvalue weighted by Crippen LogP contribution is 2.70. The fourth-order valence-electron chi connectivity index (χ4n) is 5.95. The minimum Gasteiger partial charge on any atom is -0.297 e. The summed E-state index contributed by atoms with van der Waals surface area (Å²) in [5.41, 5.74) is 1.08. The van der Waals surface area contributed by atoms with Crippen LogP contribution in [-0.2, 0) is 0 Å². The van der Waals surface area contributed by atoms with Gasteiger partial charge in [0.05, 0.1) is 6.04 Å². The summed E-state index contributed by atoms with van der Waals surface area (Å²) in [6.07, 6.45) is 5.61. The fraction of sp³-hybridized carbons (Fsp3) is 0.938. The molecule has 0 radical (unpaired) electrons. The molecule has 0 aromatic carbocycles. The van der Waals surface area contributed by atoms with E-state index in [0.717, 1.165) is 23.7 Å². The Balaban J connectivity index is 1.97. The lowest BCUT2D eigenvalue weighted by molar-refractivity contribution is -0.0591. The molecule has 0 heterocycles. The summed E-state index contributed by atoms with van der Waals surface area (Å²) < 4.78 is 0. The number of hydrogen-bond donors (Lipinski definition) is 0. The number of aliphatic imine (C=N–C) groups is 1. The molecule has 0 aromatic rings. The Kier molecular flexibility index (Phi) is 2.32. The zero-order valence-corrected chi connectivity index (χ0v) is 11.9. The van der Waals surface area contributed by atoms with Crippen molar-refractivity contribution < 1.29 is 0 Å². The molecule has 96 valence electrons. The Hall–Kier alpha value is -0.330. The van der Waals surface area contributed by atoms with Gasteiger partial charge in [-0.3, -0.25) is 4.99 Å². The Morgan fingerprint density at radius 1 is 1.18 bits per heavy atom. The predicted octanol–water partition coefficient (Wildman–Crippen LogP) is 4.17. The van der Waals surface area contributed by atoms with Gasteiger partial charge < -0.3 is 0 Å². The standard InChI is InChI=1S/C16H27N/c1-10(2)11-7-15(3)9-16(4)8-12(11)13(15)6-14(16)17-5/h10-14H,5-9H2,1-4H3. The number of rotatable bonds is 2. The summed E-state index contributed by atoms with van der Waals surface area (Å²) in [6.45, 7) is 13.7. The van der Waals surface area contributed by atoms with E-state index in [4.69, 9.17) is 0 Å². The molecule has 0 amide bonds. The van der Waals surface area contributed by atoms with Crippen molar-refractivity contribution >= 4 is 6.72 Å². The highest BCUT2D eigenvalue weighted by molar-refractivity contribution is 5.27. The minimum absolute atomic E-state index is 0.458. The second kappa shape index (κ2) is 3.36. The van der Waals surface area contributed by atoms with Crippen LogP contribution in [0.15, 0.2) is 4.99 Å². The summed E-state index contributed by atoms with van der Waals surface area (Å²) >= 11 is 0. The summed E-state index contributed by atoms with van der Waals surface area (Å²) in [7, 11) is 0. The number of hydrogen-bond acceptors (Lipinski definition) is 1. The van der Waals surface area contributed by atoms with Crippen molar-refractivity contribution in [2.24, 2.45) is 39.5 Å². The molecule has 6 unspecified atom stereocenters. The van der Waals surface area contributed by atoms with Crippen LogP contribution in [-0.4, -0.2) is 12.8 Å². The molecule has 0 saturated heterocycles. The van der Waals surface area contributed by atoms with E-state index in [-0.39, 0.29) is 0 Å². The molecule has 0 aromatic heterocycles. The molecule has 1 heteroatoms. The molecule has 4 bridgehead atoms. The van der Waals surface area contributed by atoms with Gasteiger partial charge in [0.25, 0.3) is 0 Å². The molecule has 4 rings (SSSR count). The third kappa shape index (κ3) is 1.40. The first kappa shape index (κ1) is 11.7. The maximum absolute atomic E-state index is 4.45. The van der Waals surface area contributed by atoms with Crippen LogP contribution in [0.5, 0.6) is 0 Å². The van der Waals surface area contributed by atoms with Gasteiger partial charge in [-0.1, -0.05) is 27.7 Å². The van der Waals surface area contributed by atoms with E-state index in [1.165, 1.54) is 25.7 Å². The van der Waals surface area contributed by atoms with E-state index in [1.807, 2.05) is 0 Å². The van der Waals surface area contributed by atoms with E-state index < -0.39 is 0 Å². The van der Waals surface area contributed by atoms with Gasteiger partial charge in [-0.15, -0.1) is 0 Å². The van der Waals surface area contributed by atoms with Gasteiger partial charge in [0.2, 0.25) is 0 Å². The van der Waals surface area contributed by atoms with Crippen molar-refractivity contribution in [1.82, 2.24) is 0 Å². The summed E-state index contributed by atoms with van der Waals surface area (Å²) in [5, 5.41) is 0. The maximum atomic E-state index is 4.45. The lowest BCUT2D eigenvalue weighted by atomic mass is 9.49. The van der Waals surface area contributed by atoms with Crippen LogP contribution in [0, 0.1) is 34.5 Å². The Morgan fingerprint density at radius 3 is 2.41 bits per heavy atom. The smallest absolute Gasteiger partial charge is 0.0549 e. The molecule has 0 N–H and O–H groups in total. The molecule has 0 aliphatic heterocycles. The van der Waals surface area contributed by atoms with Crippen molar-refractivity contribution in [3.63, 3.8) is 0 Å². The maximum Gasteiger partial charge on any atom is 0.0549 e. The molecule has 4 aliphatic carbocycles. The van der Waals surface area contributed by atoms with Crippen LogP contribution < -0.4 is 0 Å². The quantitative estimate of drug-likeness (QED) is 0.635. The molecular formula is C16H27N. The van der Waals surface area contributed by atoms with E-state index in [0.29, 0.717) is 16.9 Å².